The molecule has 0 spiro atoms. The number of hydrogen-bond acceptors (Lipinski definition) is 3. The zero-order valence-corrected chi connectivity index (χ0v) is 13.1. The molecule has 122 valence electrons. The van der Waals surface area contributed by atoms with Crippen LogP contribution in [0.2, 0.25) is 0 Å². The summed E-state index contributed by atoms with van der Waals surface area (Å²) in [7, 11) is 0. The lowest BCUT2D eigenvalue weighted by Gasteiger charge is -2.21. The highest BCUT2D eigenvalue weighted by atomic mass is 19.1. The van der Waals surface area contributed by atoms with Crippen molar-refractivity contribution in [3.8, 4) is 6.07 Å². The molecule has 6 heteroatoms. The van der Waals surface area contributed by atoms with Gasteiger partial charge in [0.2, 0.25) is 0 Å². The molecule has 0 unspecified atom stereocenters. The summed E-state index contributed by atoms with van der Waals surface area (Å²) in [5.74, 6) is -0.427. The lowest BCUT2D eigenvalue weighted by Crippen LogP contribution is -2.34. The summed E-state index contributed by atoms with van der Waals surface area (Å²) in [5, 5.41) is 11.3. The number of nitriles is 1. The summed E-state index contributed by atoms with van der Waals surface area (Å²) in [6.07, 6.45) is 3.30. The number of halogens is 1. The first-order valence-electron chi connectivity index (χ1n) is 7.77. The fourth-order valence-electron chi connectivity index (χ4n) is 3.12. The van der Waals surface area contributed by atoms with Gasteiger partial charge in [-0.15, -0.1) is 0 Å². The van der Waals surface area contributed by atoms with E-state index < -0.39 is 11.9 Å². The van der Waals surface area contributed by atoms with E-state index in [1.165, 1.54) is 21.9 Å². The molecule has 5 nitrogen and oxygen atoms in total. The Bertz CT molecular complexity index is 1010. The van der Waals surface area contributed by atoms with Crippen molar-refractivity contribution in [3.63, 3.8) is 0 Å². The number of benzene rings is 2. The topological polar surface area (TPSA) is 60.2 Å². The Hall–Kier alpha value is -3.46. The first-order valence-corrected chi connectivity index (χ1v) is 7.77. The van der Waals surface area contributed by atoms with Crippen LogP contribution in [0.1, 0.15) is 0 Å². The third-order valence-electron chi connectivity index (χ3n) is 4.28. The number of amides is 2. The Kier molecular flexibility index (Phi) is 3.55. The molecule has 4 rings (SSSR count). The summed E-state index contributed by atoms with van der Waals surface area (Å²) in [6, 6.07) is 14.5. The van der Waals surface area contributed by atoms with Crippen molar-refractivity contribution < 1.29 is 9.18 Å². The van der Waals surface area contributed by atoms with Crippen LogP contribution in [0.15, 0.2) is 60.9 Å². The summed E-state index contributed by atoms with van der Waals surface area (Å²) in [5.41, 5.74) is 1.01. The van der Waals surface area contributed by atoms with Gasteiger partial charge in [-0.05, 0) is 18.2 Å². The molecule has 1 saturated heterocycles. The minimum atomic E-state index is -0.677. The lowest BCUT2D eigenvalue weighted by atomic mass is 10.1. The van der Waals surface area contributed by atoms with Gasteiger partial charge in [-0.1, -0.05) is 30.3 Å². The molecule has 2 amide bonds. The molecule has 1 fully saturated rings. The van der Waals surface area contributed by atoms with Crippen molar-refractivity contribution in [2.45, 2.75) is 6.04 Å². The van der Waals surface area contributed by atoms with E-state index in [4.69, 9.17) is 0 Å². The average molecular weight is 332 g/mol. The minimum Gasteiger partial charge on any atom is -0.291 e. The molecule has 0 aliphatic carbocycles. The van der Waals surface area contributed by atoms with Gasteiger partial charge in [0.25, 0.3) is 0 Å². The van der Waals surface area contributed by atoms with Gasteiger partial charge in [-0.2, -0.15) is 5.26 Å². The first-order chi connectivity index (χ1) is 12.2. The Morgan fingerprint density at radius 3 is 2.80 bits per heavy atom. The molecule has 3 aromatic rings. The second-order valence-corrected chi connectivity index (χ2v) is 5.77. The van der Waals surface area contributed by atoms with Gasteiger partial charge in [-0.25, -0.2) is 9.18 Å². The average Bonchev–Trinajstić information content (AvgIpc) is 2.97. The van der Waals surface area contributed by atoms with Crippen LogP contribution in [-0.4, -0.2) is 23.6 Å². The van der Waals surface area contributed by atoms with Crippen LogP contribution in [0.4, 0.5) is 20.6 Å². The fourth-order valence-corrected chi connectivity index (χ4v) is 3.12. The number of rotatable bonds is 2. The zero-order valence-electron chi connectivity index (χ0n) is 13.1. The molecule has 2 heterocycles. The number of urea groups is 1. The maximum absolute atomic E-state index is 13.5. The van der Waals surface area contributed by atoms with Gasteiger partial charge in [0.05, 0.1) is 24.5 Å². The highest BCUT2D eigenvalue weighted by Crippen LogP contribution is 2.33. The third kappa shape index (κ3) is 2.46. The quantitative estimate of drug-likeness (QED) is 0.719. The molecule has 0 saturated carbocycles. The number of pyridine rings is 1. The van der Waals surface area contributed by atoms with Crippen LogP contribution in [0, 0.1) is 17.1 Å². The van der Waals surface area contributed by atoms with Gasteiger partial charge in [-0.3, -0.25) is 14.8 Å². The molecule has 1 aliphatic heterocycles. The fraction of sp³-hybridized carbons (Fsp3) is 0.105. The second-order valence-electron chi connectivity index (χ2n) is 5.77. The molecular weight excluding hydrogens is 319 g/mol. The van der Waals surface area contributed by atoms with Gasteiger partial charge in [0.15, 0.2) is 0 Å². The number of anilines is 2. The lowest BCUT2D eigenvalue weighted by molar-refractivity contribution is 0.255. The summed E-state index contributed by atoms with van der Waals surface area (Å²) < 4.78 is 13.5. The number of nitrogens with zero attached hydrogens (tertiary/aromatic N) is 4. The summed E-state index contributed by atoms with van der Waals surface area (Å²) >= 11 is 0. The number of aromatic nitrogens is 1. The van der Waals surface area contributed by atoms with Gasteiger partial charge in [0.1, 0.15) is 11.9 Å². The first kappa shape index (κ1) is 15.1. The van der Waals surface area contributed by atoms with Crippen LogP contribution in [-0.2, 0) is 0 Å². The number of carbonyl (C=O) groups excluding carboxylic acids is 1. The van der Waals surface area contributed by atoms with Crippen molar-refractivity contribution in [1.29, 1.82) is 5.26 Å². The van der Waals surface area contributed by atoms with E-state index >= 15 is 0 Å². The van der Waals surface area contributed by atoms with Crippen LogP contribution in [0.3, 0.4) is 0 Å². The van der Waals surface area contributed by atoms with Gasteiger partial charge in [0, 0.05) is 22.7 Å². The normalized spacial score (nSPS) is 17.1. The van der Waals surface area contributed by atoms with Gasteiger partial charge < -0.3 is 0 Å². The molecule has 1 aromatic heterocycles. The van der Waals surface area contributed by atoms with Crippen LogP contribution in [0.5, 0.6) is 0 Å². The number of carbonyl (C=O) groups is 1. The SMILES string of the molecule is N#C[C@@H]1CN(c2cccc(F)c2)C(=O)N1c1cncc2ccccc12. The third-order valence-corrected chi connectivity index (χ3v) is 4.28. The Morgan fingerprint density at radius 2 is 2.00 bits per heavy atom. The Balaban J connectivity index is 1.81. The van der Waals surface area contributed by atoms with Crippen molar-refractivity contribution in [2.24, 2.45) is 0 Å². The minimum absolute atomic E-state index is 0.169. The summed E-state index contributed by atoms with van der Waals surface area (Å²) in [6.45, 7) is 0.169. The molecule has 1 atom stereocenters. The van der Waals surface area contributed by atoms with Crippen LogP contribution < -0.4 is 9.80 Å². The van der Waals surface area contributed by atoms with E-state index in [9.17, 15) is 14.4 Å². The molecule has 0 bridgehead atoms. The number of hydrogen-bond donors (Lipinski definition) is 0. The highest BCUT2D eigenvalue weighted by Gasteiger charge is 2.40. The van der Waals surface area contributed by atoms with Gasteiger partial charge >= 0.3 is 6.03 Å². The van der Waals surface area contributed by atoms with E-state index in [1.807, 2.05) is 24.3 Å². The van der Waals surface area contributed by atoms with Crippen LogP contribution >= 0.6 is 0 Å². The molecular formula is C19H13FN4O. The van der Waals surface area contributed by atoms with E-state index in [2.05, 4.69) is 11.1 Å². The smallest absolute Gasteiger partial charge is 0.291 e. The maximum atomic E-state index is 13.5. The zero-order chi connectivity index (χ0) is 17.4. The van der Waals surface area contributed by atoms with Crippen molar-refractivity contribution >= 4 is 28.2 Å². The Morgan fingerprint density at radius 1 is 1.16 bits per heavy atom. The maximum Gasteiger partial charge on any atom is 0.330 e. The largest absolute Gasteiger partial charge is 0.330 e. The van der Waals surface area contributed by atoms with E-state index in [1.54, 1.807) is 24.5 Å². The number of fused-ring (bicyclic) bond motifs is 1. The molecule has 0 radical (unpaired) electrons. The summed E-state index contributed by atoms with van der Waals surface area (Å²) in [4.78, 5) is 20.0. The Labute approximate surface area is 143 Å². The monoisotopic (exact) mass is 332 g/mol. The standard InChI is InChI=1S/C19H13FN4O/c20-14-5-3-6-15(8-14)23-12-16(9-21)24(19(23)25)18-11-22-10-13-4-1-2-7-17(13)18/h1-8,10-11,16H,12H2/t16-/m1/s1. The van der Waals surface area contributed by atoms with Crippen LogP contribution in [0.25, 0.3) is 10.8 Å². The molecule has 0 N–H and O–H groups in total. The highest BCUT2D eigenvalue weighted by molar-refractivity contribution is 6.11. The molecule has 25 heavy (non-hydrogen) atoms. The van der Waals surface area contributed by atoms with E-state index in [-0.39, 0.29) is 12.6 Å². The molecule has 1 aliphatic rings. The predicted octanol–water partition coefficient (Wildman–Crippen LogP) is 3.71. The second kappa shape index (κ2) is 5.87. The molecule has 2 aromatic carbocycles. The van der Waals surface area contributed by atoms with Crippen molar-refractivity contribution in [2.75, 3.05) is 16.3 Å². The van der Waals surface area contributed by atoms with Crippen molar-refractivity contribution in [1.82, 2.24) is 4.98 Å². The van der Waals surface area contributed by atoms with Crippen molar-refractivity contribution in [3.05, 3.63) is 66.7 Å². The predicted molar refractivity (Wildman–Crippen MR) is 92.8 cm³/mol. The van der Waals surface area contributed by atoms with E-state index in [0.29, 0.717) is 11.4 Å². The van der Waals surface area contributed by atoms with E-state index in [0.717, 1.165) is 10.8 Å².